The third-order valence-electron chi connectivity index (χ3n) is 5.51. The number of allylic oxidation sites excluding steroid dienone is 2. The normalized spacial score (nSPS) is 12.4. The summed E-state index contributed by atoms with van der Waals surface area (Å²) < 4.78 is 9.34. The van der Waals surface area contributed by atoms with Crippen molar-refractivity contribution < 1.29 is 38.9 Å². The van der Waals surface area contributed by atoms with E-state index >= 15 is 0 Å². The summed E-state index contributed by atoms with van der Waals surface area (Å²) in [5, 5.41) is 23.6. The Balaban J connectivity index is 1.96. The van der Waals surface area contributed by atoms with Crippen molar-refractivity contribution in [2.45, 2.75) is 40.5 Å². The Morgan fingerprint density at radius 3 is 1.29 bits per heavy atom. The number of carbonyl (C=O) groups is 4. The van der Waals surface area contributed by atoms with E-state index in [0.29, 0.717) is 11.4 Å². The van der Waals surface area contributed by atoms with Crippen molar-refractivity contribution in [3.63, 3.8) is 0 Å². The smallest absolute Gasteiger partial charge is 0.414 e. The van der Waals surface area contributed by atoms with E-state index in [0.717, 1.165) is 24.0 Å². The van der Waals surface area contributed by atoms with Gasteiger partial charge in [0, 0.05) is 12.4 Å². The molecule has 0 aromatic heterocycles. The van der Waals surface area contributed by atoms with Gasteiger partial charge >= 0.3 is 12.2 Å². The zero-order valence-electron chi connectivity index (χ0n) is 23.8. The molecule has 12 heteroatoms. The van der Waals surface area contributed by atoms with Gasteiger partial charge in [-0.25, -0.2) is 9.59 Å². The third kappa shape index (κ3) is 11.1. The van der Waals surface area contributed by atoms with Crippen LogP contribution in [-0.4, -0.2) is 59.9 Å². The Morgan fingerprint density at radius 2 is 1.00 bits per heavy atom. The van der Waals surface area contributed by atoms with Crippen molar-refractivity contribution in [3.05, 3.63) is 82.3 Å². The van der Waals surface area contributed by atoms with Crippen molar-refractivity contribution >= 4 is 47.8 Å². The Labute approximate surface area is 243 Å². The summed E-state index contributed by atoms with van der Waals surface area (Å²) in [4.78, 5) is 55.7. The van der Waals surface area contributed by atoms with Crippen molar-refractivity contribution in [2.24, 2.45) is 9.98 Å². The molecule has 2 aromatic carbocycles. The van der Waals surface area contributed by atoms with Gasteiger partial charge in [-0.2, -0.15) is 0 Å². The van der Waals surface area contributed by atoms with Crippen LogP contribution < -0.4 is 10.6 Å². The molecule has 4 N–H and O–H groups in total. The lowest BCUT2D eigenvalue weighted by atomic mass is 10.0. The maximum absolute atomic E-state index is 12.2. The maximum atomic E-state index is 12.2. The molecule has 0 heterocycles. The van der Waals surface area contributed by atoms with Gasteiger partial charge in [0.15, 0.2) is 0 Å². The number of amides is 4. The van der Waals surface area contributed by atoms with Crippen LogP contribution in [0.1, 0.15) is 38.8 Å². The van der Waals surface area contributed by atoms with E-state index in [1.165, 1.54) is 26.3 Å². The largest absolute Gasteiger partial charge is 0.512 e. The fraction of sp³-hybridized carbons (Fsp3) is 0.267. The molecule has 0 radical (unpaired) electrons. The highest BCUT2D eigenvalue weighted by molar-refractivity contribution is 6.17. The molecule has 0 saturated heterocycles. The lowest BCUT2D eigenvalue weighted by molar-refractivity contribution is -0.117. The fourth-order valence-electron chi connectivity index (χ4n) is 3.35. The number of aliphatic hydroxyl groups excluding tert-OH is 2. The number of nitrogens with zero attached hydrogens (tertiary/aromatic N) is 2. The van der Waals surface area contributed by atoms with E-state index in [1.54, 1.807) is 38.1 Å². The second kappa shape index (κ2) is 16.8. The van der Waals surface area contributed by atoms with Crippen LogP contribution in [0.5, 0.6) is 0 Å². The molecule has 2 rings (SSSR count). The number of hydrogen-bond donors (Lipinski definition) is 4. The molecular weight excluding hydrogens is 544 g/mol. The van der Waals surface area contributed by atoms with Crippen molar-refractivity contribution in [2.75, 3.05) is 13.2 Å². The van der Waals surface area contributed by atoms with Crippen LogP contribution in [-0.2, 0) is 31.9 Å². The second-order valence-corrected chi connectivity index (χ2v) is 8.70. The molecule has 0 fully saturated rings. The summed E-state index contributed by atoms with van der Waals surface area (Å²) >= 11 is 0. The predicted molar refractivity (Wildman–Crippen MR) is 158 cm³/mol. The van der Waals surface area contributed by atoms with Crippen molar-refractivity contribution in [1.29, 1.82) is 0 Å². The maximum Gasteiger partial charge on any atom is 0.414 e. The number of alkyl carbamates (subject to hydrolysis) is 2. The minimum absolute atomic E-state index is 0.0997. The van der Waals surface area contributed by atoms with Gasteiger partial charge in [0.25, 0.3) is 11.8 Å². The van der Waals surface area contributed by atoms with E-state index in [2.05, 4.69) is 19.5 Å². The van der Waals surface area contributed by atoms with Crippen LogP contribution in [0.3, 0.4) is 0 Å². The first-order valence-electron chi connectivity index (χ1n) is 13.1. The Hall–Kier alpha value is -5.26. The van der Waals surface area contributed by atoms with Crippen LogP contribution in [0.2, 0.25) is 0 Å². The zero-order chi connectivity index (χ0) is 31.1. The average molecular weight is 579 g/mol. The van der Waals surface area contributed by atoms with Crippen LogP contribution in [0.15, 0.2) is 81.2 Å². The summed E-state index contributed by atoms with van der Waals surface area (Å²) in [7, 11) is 0. The van der Waals surface area contributed by atoms with Crippen LogP contribution in [0.4, 0.5) is 21.0 Å². The van der Waals surface area contributed by atoms with Crippen LogP contribution >= 0.6 is 0 Å². The average Bonchev–Trinajstić information content (AvgIpc) is 2.93. The minimum Gasteiger partial charge on any atom is -0.512 e. The molecule has 0 aliphatic rings. The first-order chi connectivity index (χ1) is 20.0. The molecule has 0 bridgehead atoms. The second-order valence-electron chi connectivity index (χ2n) is 8.70. The molecule has 42 heavy (non-hydrogen) atoms. The number of imide groups is 2. The molecule has 2 aromatic rings. The summed E-state index contributed by atoms with van der Waals surface area (Å²) in [5.74, 6) is -2.25. The number of aliphatic imine (C=N–C) groups is 2. The molecule has 0 unspecified atom stereocenters. The number of ether oxygens (including phenoxy) is 2. The summed E-state index contributed by atoms with van der Waals surface area (Å²) in [5.41, 5.74) is 2.85. The summed E-state index contributed by atoms with van der Waals surface area (Å²) in [6, 6.07) is 14.6. The number of benzene rings is 2. The predicted octanol–water partition coefficient (Wildman–Crippen LogP) is 5.09. The highest BCUT2D eigenvalue weighted by Crippen LogP contribution is 2.18. The molecule has 4 amide bonds. The standard InChI is InChI=1S/C30H34N4O8/c1-5-41-29(39)33-27(37)25(19(3)35)17-31-23-13-9-21(10-14-23)7-8-22-11-15-24(16-12-22)32-18-26(20(4)36)28(38)34-30(40)42-6-2/h9-18,35-36H,5-8H2,1-4H3,(H,33,37,39)(H,34,38,40). The lowest BCUT2D eigenvalue weighted by Crippen LogP contribution is -2.33. The number of hydrogen-bond acceptors (Lipinski definition) is 10. The van der Waals surface area contributed by atoms with Gasteiger partial charge in [0.1, 0.15) is 11.5 Å². The quantitative estimate of drug-likeness (QED) is 0.162. The highest BCUT2D eigenvalue weighted by atomic mass is 16.6. The number of nitrogens with one attached hydrogen (secondary N) is 2. The van der Waals surface area contributed by atoms with Gasteiger partial charge in [-0.1, -0.05) is 24.3 Å². The molecule has 0 spiro atoms. The third-order valence-corrected chi connectivity index (χ3v) is 5.51. The number of rotatable bonds is 11. The van der Waals surface area contributed by atoms with Crippen molar-refractivity contribution in [3.8, 4) is 0 Å². The van der Waals surface area contributed by atoms with Crippen LogP contribution in [0, 0.1) is 0 Å². The summed E-state index contributed by atoms with van der Waals surface area (Å²) in [6.07, 6.45) is 2.00. The Morgan fingerprint density at radius 1 is 0.667 bits per heavy atom. The monoisotopic (exact) mass is 578 g/mol. The van der Waals surface area contributed by atoms with Gasteiger partial charge < -0.3 is 19.7 Å². The van der Waals surface area contributed by atoms with Gasteiger partial charge in [0.2, 0.25) is 0 Å². The van der Waals surface area contributed by atoms with E-state index in [4.69, 9.17) is 0 Å². The Bertz CT molecular complexity index is 1280. The van der Waals surface area contributed by atoms with Gasteiger partial charge in [-0.3, -0.25) is 30.2 Å². The number of aliphatic hydroxyl groups is 2. The van der Waals surface area contributed by atoms with Crippen molar-refractivity contribution in [1.82, 2.24) is 10.6 Å². The molecule has 0 aliphatic heterocycles. The topological polar surface area (TPSA) is 176 Å². The minimum atomic E-state index is -0.915. The summed E-state index contributed by atoms with van der Waals surface area (Å²) in [6.45, 7) is 6.03. The van der Waals surface area contributed by atoms with E-state index in [1.807, 2.05) is 34.9 Å². The fourth-order valence-corrected chi connectivity index (χ4v) is 3.35. The van der Waals surface area contributed by atoms with Crippen LogP contribution in [0.25, 0.3) is 0 Å². The Kier molecular flexibility index (Phi) is 13.1. The molecule has 12 nitrogen and oxygen atoms in total. The SMILES string of the molecule is CCOC(=O)NC(=O)C(C=Nc1ccc(CCc2ccc(N=CC(C(=O)NC(=O)OCC)=C(C)O)cc2)cc1)=C(C)O. The zero-order valence-corrected chi connectivity index (χ0v) is 23.8. The highest BCUT2D eigenvalue weighted by Gasteiger charge is 2.16. The van der Waals surface area contributed by atoms with E-state index in [-0.39, 0.29) is 35.9 Å². The first-order valence-corrected chi connectivity index (χ1v) is 13.1. The first kappa shape index (κ1) is 32.9. The molecule has 0 saturated carbocycles. The molecular formula is C30H34N4O8. The number of carbonyl (C=O) groups excluding carboxylic acids is 4. The number of aryl methyl sites for hydroxylation is 2. The molecule has 0 atom stereocenters. The van der Waals surface area contributed by atoms with Gasteiger partial charge in [-0.05, 0) is 75.9 Å². The van der Waals surface area contributed by atoms with E-state index in [9.17, 15) is 29.4 Å². The molecule has 222 valence electrons. The van der Waals surface area contributed by atoms with Gasteiger partial charge in [0.05, 0.1) is 35.7 Å². The van der Waals surface area contributed by atoms with E-state index < -0.39 is 24.0 Å². The lowest BCUT2D eigenvalue weighted by Gasteiger charge is -2.06. The van der Waals surface area contributed by atoms with Gasteiger partial charge in [-0.15, -0.1) is 0 Å². The molecule has 0 aliphatic carbocycles.